The molecule has 1 atom stereocenters. The van der Waals surface area contributed by atoms with Gasteiger partial charge in [-0.25, -0.2) is 0 Å². The second-order valence-electron chi connectivity index (χ2n) is 10.2. The summed E-state index contributed by atoms with van der Waals surface area (Å²) in [5, 5.41) is 10.9. The fourth-order valence-electron chi connectivity index (χ4n) is 5.10. The fourth-order valence-corrected chi connectivity index (χ4v) is 5.36. The van der Waals surface area contributed by atoms with E-state index in [0.29, 0.717) is 50.0 Å². The van der Waals surface area contributed by atoms with Gasteiger partial charge in [0.1, 0.15) is 23.0 Å². The van der Waals surface area contributed by atoms with Gasteiger partial charge in [0.25, 0.3) is 0 Å². The van der Waals surface area contributed by atoms with Gasteiger partial charge in [0.2, 0.25) is 12.2 Å². The van der Waals surface area contributed by atoms with E-state index in [1.807, 2.05) is 6.19 Å². The first-order valence-corrected chi connectivity index (χ1v) is 14.7. The third-order valence-electron chi connectivity index (χ3n) is 7.23. The van der Waals surface area contributed by atoms with Crippen LogP contribution in [0.4, 0.5) is 24.5 Å². The molecular formula is C35H23Cl2F3N4O2. The molecule has 1 aliphatic rings. The maximum absolute atomic E-state index is 13.7. The number of benzene rings is 5. The molecule has 0 spiro atoms. The molecule has 0 unspecified atom stereocenters. The number of hydrogen-bond donors (Lipinski definition) is 0. The van der Waals surface area contributed by atoms with Crippen molar-refractivity contribution in [3.8, 4) is 29.2 Å². The van der Waals surface area contributed by atoms with Crippen molar-refractivity contribution in [3.63, 3.8) is 0 Å². The average Bonchev–Trinajstić information content (AvgIpc) is 3.43. The summed E-state index contributed by atoms with van der Waals surface area (Å²) in [7, 11) is 0. The number of aliphatic imine (C=N–C) groups is 1. The number of rotatable bonds is 7. The molecule has 1 saturated heterocycles. The quantitative estimate of drug-likeness (QED) is 0.163. The smallest absolute Gasteiger partial charge is 0.416 e. The molecule has 0 aromatic heterocycles. The Morgan fingerprint density at radius 3 is 1.65 bits per heavy atom. The number of nitriles is 1. The Morgan fingerprint density at radius 2 is 1.17 bits per heavy atom. The summed E-state index contributed by atoms with van der Waals surface area (Å²) >= 11 is 11.9. The number of halogens is 5. The van der Waals surface area contributed by atoms with Crippen LogP contribution in [-0.2, 0) is 6.18 Å². The van der Waals surface area contributed by atoms with Crippen molar-refractivity contribution in [2.75, 3.05) is 16.3 Å². The van der Waals surface area contributed by atoms with Gasteiger partial charge in [-0.2, -0.15) is 18.4 Å². The molecule has 11 heteroatoms. The maximum atomic E-state index is 13.7. The zero-order valence-electron chi connectivity index (χ0n) is 23.8. The Kier molecular flexibility index (Phi) is 8.75. The molecule has 0 N–H and O–H groups in total. The number of ether oxygens (including phenoxy) is 2. The Morgan fingerprint density at radius 1 is 0.696 bits per heavy atom. The number of anilines is 2. The number of alkyl halides is 3. The van der Waals surface area contributed by atoms with Crippen molar-refractivity contribution < 1.29 is 22.6 Å². The maximum Gasteiger partial charge on any atom is 0.416 e. The summed E-state index contributed by atoms with van der Waals surface area (Å²) in [6.45, 7) is 0.211. The SMILES string of the molecule is N#CN=C1N(c2ccc(Oc3ccc(Cl)cc3)cc2)C[C@H](c2cccc(C(F)(F)F)c2)N1c1ccc(Oc2ccc(Cl)cc2)cc1. The van der Waals surface area contributed by atoms with E-state index in [9.17, 15) is 18.4 Å². The van der Waals surface area contributed by atoms with Crippen molar-refractivity contribution in [1.82, 2.24) is 0 Å². The number of guanidine groups is 1. The van der Waals surface area contributed by atoms with E-state index >= 15 is 0 Å². The van der Waals surface area contributed by atoms with Crippen LogP contribution in [0.2, 0.25) is 10.0 Å². The minimum absolute atomic E-state index is 0.211. The van der Waals surface area contributed by atoms with Crippen LogP contribution in [0.5, 0.6) is 23.0 Å². The number of nitrogens with zero attached hydrogens (tertiary/aromatic N) is 4. The average molecular weight is 659 g/mol. The van der Waals surface area contributed by atoms with Crippen LogP contribution in [0.15, 0.2) is 126 Å². The predicted octanol–water partition coefficient (Wildman–Crippen LogP) is 10.5. The minimum atomic E-state index is -4.52. The highest BCUT2D eigenvalue weighted by molar-refractivity contribution is 6.30. The van der Waals surface area contributed by atoms with E-state index in [1.54, 1.807) is 113 Å². The molecule has 0 aliphatic carbocycles. The predicted molar refractivity (Wildman–Crippen MR) is 173 cm³/mol. The molecule has 6 nitrogen and oxygen atoms in total. The molecule has 0 amide bonds. The van der Waals surface area contributed by atoms with Gasteiger partial charge in [-0.15, -0.1) is 4.99 Å². The first-order valence-electron chi connectivity index (χ1n) is 14.0. The van der Waals surface area contributed by atoms with E-state index < -0.39 is 17.8 Å². The van der Waals surface area contributed by atoms with Gasteiger partial charge in [-0.05, 0) is 115 Å². The standard InChI is InChI=1S/C35H23Cl2F3N4O2/c36-25-4-12-29(13-5-25)45-31-16-8-27(9-17-31)43-21-33(23-2-1-3-24(20-23)35(38,39)40)44(34(43)42-22-41)28-10-18-32(19-11-28)46-30-14-6-26(37)7-15-30/h1-20,33H,21H2/t33-/m1/s1. The highest BCUT2D eigenvalue weighted by Gasteiger charge is 2.40. The summed E-state index contributed by atoms with van der Waals surface area (Å²) in [6, 6.07) is 32.5. The van der Waals surface area contributed by atoms with Crippen molar-refractivity contribution in [2.24, 2.45) is 4.99 Å². The molecule has 1 heterocycles. The third-order valence-corrected chi connectivity index (χ3v) is 7.74. The van der Waals surface area contributed by atoms with Crippen molar-refractivity contribution in [3.05, 3.63) is 142 Å². The topological polar surface area (TPSA) is 61.1 Å². The van der Waals surface area contributed by atoms with Crippen LogP contribution >= 0.6 is 23.2 Å². The highest BCUT2D eigenvalue weighted by Crippen LogP contribution is 2.40. The van der Waals surface area contributed by atoms with E-state index in [0.717, 1.165) is 12.1 Å². The van der Waals surface area contributed by atoms with E-state index in [1.165, 1.54) is 6.07 Å². The molecule has 0 bridgehead atoms. The Labute approximate surface area is 273 Å². The first-order chi connectivity index (χ1) is 22.2. The van der Waals surface area contributed by atoms with Gasteiger partial charge in [-0.3, -0.25) is 0 Å². The van der Waals surface area contributed by atoms with Gasteiger partial charge >= 0.3 is 6.18 Å². The number of hydrogen-bond acceptors (Lipinski definition) is 4. The Hall–Kier alpha value is -5.17. The van der Waals surface area contributed by atoms with Crippen LogP contribution < -0.4 is 19.3 Å². The molecule has 5 aromatic carbocycles. The molecule has 230 valence electrons. The van der Waals surface area contributed by atoms with E-state index in [-0.39, 0.29) is 12.5 Å². The van der Waals surface area contributed by atoms with E-state index in [2.05, 4.69) is 4.99 Å². The zero-order chi connectivity index (χ0) is 32.3. The van der Waals surface area contributed by atoms with Crippen LogP contribution in [0, 0.1) is 11.5 Å². The lowest BCUT2D eigenvalue weighted by Gasteiger charge is -2.26. The first kappa shape index (κ1) is 30.8. The summed E-state index contributed by atoms with van der Waals surface area (Å²) < 4.78 is 53.1. The fraction of sp³-hybridized carbons (Fsp3) is 0.0857. The van der Waals surface area contributed by atoms with Crippen LogP contribution in [0.25, 0.3) is 0 Å². The second-order valence-corrected chi connectivity index (χ2v) is 11.1. The molecule has 1 fully saturated rings. The second kappa shape index (κ2) is 13.1. The minimum Gasteiger partial charge on any atom is -0.457 e. The normalized spacial score (nSPS) is 15.6. The molecular weight excluding hydrogens is 636 g/mol. The Balaban J connectivity index is 1.35. The van der Waals surface area contributed by atoms with Gasteiger partial charge in [0.05, 0.1) is 18.2 Å². The van der Waals surface area contributed by atoms with Crippen LogP contribution in [0.3, 0.4) is 0 Å². The van der Waals surface area contributed by atoms with E-state index in [4.69, 9.17) is 32.7 Å². The van der Waals surface area contributed by atoms with Crippen molar-refractivity contribution in [2.45, 2.75) is 12.2 Å². The third kappa shape index (κ3) is 6.89. The lowest BCUT2D eigenvalue weighted by molar-refractivity contribution is -0.137. The molecule has 5 aromatic rings. The van der Waals surface area contributed by atoms with Crippen molar-refractivity contribution in [1.29, 1.82) is 5.26 Å². The summed E-state index contributed by atoms with van der Waals surface area (Å²) in [5.74, 6) is 2.54. The monoisotopic (exact) mass is 658 g/mol. The van der Waals surface area contributed by atoms with Crippen LogP contribution in [-0.4, -0.2) is 12.5 Å². The Bertz CT molecular complexity index is 1890. The van der Waals surface area contributed by atoms with Gasteiger partial charge in [0, 0.05) is 21.4 Å². The molecule has 46 heavy (non-hydrogen) atoms. The molecule has 1 aliphatic heterocycles. The van der Waals surface area contributed by atoms with Gasteiger partial charge < -0.3 is 19.3 Å². The van der Waals surface area contributed by atoms with Crippen molar-refractivity contribution >= 4 is 40.5 Å². The molecule has 0 radical (unpaired) electrons. The summed E-state index contributed by atoms with van der Waals surface area (Å²) in [6.07, 6.45) is -2.66. The molecule has 6 rings (SSSR count). The molecule has 0 saturated carbocycles. The summed E-state index contributed by atoms with van der Waals surface area (Å²) in [5.41, 5.74) is 0.911. The summed E-state index contributed by atoms with van der Waals surface area (Å²) in [4.78, 5) is 7.69. The van der Waals surface area contributed by atoms with Crippen LogP contribution in [0.1, 0.15) is 17.2 Å². The zero-order valence-corrected chi connectivity index (χ0v) is 25.3. The van der Waals surface area contributed by atoms with Gasteiger partial charge in [-0.1, -0.05) is 35.3 Å². The lowest BCUT2D eigenvalue weighted by atomic mass is 10.0. The largest absolute Gasteiger partial charge is 0.457 e. The lowest BCUT2D eigenvalue weighted by Crippen LogP contribution is -2.34. The van der Waals surface area contributed by atoms with Gasteiger partial charge in [0.15, 0.2) is 0 Å². The highest BCUT2D eigenvalue weighted by atomic mass is 35.5.